The molecule has 0 unspecified atom stereocenters. The molecule has 1 rings (SSSR count). The van der Waals surface area contributed by atoms with E-state index in [2.05, 4.69) is 0 Å². The van der Waals surface area contributed by atoms with E-state index in [0.717, 1.165) is 32.4 Å². The predicted octanol–water partition coefficient (Wildman–Crippen LogP) is 2.26. The quantitative estimate of drug-likeness (QED) is 0.401. The lowest BCUT2D eigenvalue weighted by atomic mass is 9.92. The molecule has 0 aliphatic carbocycles. The van der Waals surface area contributed by atoms with Gasteiger partial charge in [-0.25, -0.2) is 0 Å². The maximum absolute atomic E-state index is 6.84. The third-order valence-corrected chi connectivity index (χ3v) is 1.75. The Kier molecular flexibility index (Phi) is 4.76. The molecule has 68 valence electrons. The highest BCUT2D eigenvalue weighted by Gasteiger charge is 1.93. The number of hydrogen-bond donors (Lipinski definition) is 1. The van der Waals surface area contributed by atoms with Crippen molar-refractivity contribution in [2.24, 2.45) is 0 Å². The molecule has 1 aromatic carbocycles. The molecule has 13 heavy (non-hydrogen) atoms. The van der Waals surface area contributed by atoms with Gasteiger partial charge in [0.05, 0.1) is 5.75 Å². The first-order chi connectivity index (χ1) is 6.43. The van der Waals surface area contributed by atoms with Crippen LogP contribution in [-0.2, 0) is 0 Å². The average molecular weight is 175 g/mol. The summed E-state index contributed by atoms with van der Waals surface area (Å²) in [6.07, 6.45) is 4.36. The van der Waals surface area contributed by atoms with Gasteiger partial charge in [0.25, 0.3) is 0 Å². The molecule has 0 amide bonds. The first-order valence-corrected chi connectivity index (χ1v) is 4.60. The van der Waals surface area contributed by atoms with Gasteiger partial charge in [-0.05, 0) is 31.1 Å². The minimum absolute atomic E-state index is 0.748. The molecular formula is C10H14BNO. The van der Waals surface area contributed by atoms with Crippen LogP contribution in [-0.4, -0.2) is 13.7 Å². The van der Waals surface area contributed by atoms with Gasteiger partial charge in [-0.15, -0.1) is 0 Å². The fourth-order valence-corrected chi connectivity index (χ4v) is 1.06. The van der Waals surface area contributed by atoms with Crippen LogP contribution in [0, 0.1) is 5.41 Å². The van der Waals surface area contributed by atoms with Crippen LogP contribution in [0.2, 0.25) is 6.32 Å². The standard InChI is InChI=1S/C10H14BNO/c12-9-5-4-8-11-13-10-6-2-1-3-7-10/h1-3,6-7,9,11-12H,4-5,8H2. The number of unbranched alkanes of at least 4 members (excludes halogenated alkanes) is 1. The summed E-state index contributed by atoms with van der Waals surface area (Å²) in [7, 11) is 0.748. The third-order valence-electron chi connectivity index (χ3n) is 1.75. The van der Waals surface area contributed by atoms with Crippen molar-refractivity contribution >= 4 is 13.7 Å². The molecule has 1 aromatic rings. The molecule has 0 saturated heterocycles. The molecule has 1 N–H and O–H groups in total. The summed E-state index contributed by atoms with van der Waals surface area (Å²) in [4.78, 5) is 0. The Bertz CT molecular complexity index is 238. The zero-order valence-electron chi connectivity index (χ0n) is 7.70. The summed E-state index contributed by atoms with van der Waals surface area (Å²) in [6.45, 7) is 0. The summed E-state index contributed by atoms with van der Waals surface area (Å²) in [5.74, 6) is 0.928. The lowest BCUT2D eigenvalue weighted by molar-refractivity contribution is 0.589. The van der Waals surface area contributed by atoms with E-state index in [1.165, 1.54) is 6.21 Å². The van der Waals surface area contributed by atoms with E-state index < -0.39 is 0 Å². The molecule has 0 aliphatic rings. The van der Waals surface area contributed by atoms with Crippen LogP contribution in [0.25, 0.3) is 0 Å². The van der Waals surface area contributed by atoms with Crippen LogP contribution >= 0.6 is 0 Å². The van der Waals surface area contributed by atoms with Crippen LogP contribution < -0.4 is 4.65 Å². The minimum Gasteiger partial charge on any atom is -0.564 e. The predicted molar refractivity (Wildman–Crippen MR) is 57.0 cm³/mol. The Morgan fingerprint density at radius 3 is 2.77 bits per heavy atom. The monoisotopic (exact) mass is 175 g/mol. The lowest BCUT2D eigenvalue weighted by Crippen LogP contribution is -2.00. The highest BCUT2D eigenvalue weighted by molar-refractivity contribution is 6.28. The van der Waals surface area contributed by atoms with E-state index in [9.17, 15) is 0 Å². The molecule has 0 saturated carbocycles. The van der Waals surface area contributed by atoms with Crippen molar-refractivity contribution in [1.29, 1.82) is 5.41 Å². The lowest BCUT2D eigenvalue weighted by Gasteiger charge is -2.03. The Hall–Kier alpha value is -1.25. The van der Waals surface area contributed by atoms with Crippen molar-refractivity contribution in [3.63, 3.8) is 0 Å². The van der Waals surface area contributed by atoms with Gasteiger partial charge in [-0.3, -0.25) is 0 Å². The van der Waals surface area contributed by atoms with Crippen LogP contribution in [0.1, 0.15) is 12.8 Å². The third kappa shape index (κ3) is 4.36. The topological polar surface area (TPSA) is 33.1 Å². The largest absolute Gasteiger partial charge is 0.564 e. The number of rotatable bonds is 6. The fourth-order valence-electron chi connectivity index (χ4n) is 1.06. The molecule has 0 aliphatic heterocycles. The van der Waals surface area contributed by atoms with Crippen molar-refractivity contribution in [2.45, 2.75) is 19.2 Å². The van der Waals surface area contributed by atoms with Gasteiger partial charge in [-0.2, -0.15) is 0 Å². The highest BCUT2D eigenvalue weighted by Crippen LogP contribution is 2.08. The van der Waals surface area contributed by atoms with Crippen molar-refractivity contribution in [1.82, 2.24) is 0 Å². The number of nitrogens with one attached hydrogen (secondary N) is 1. The summed E-state index contributed by atoms with van der Waals surface area (Å²) in [5, 5.41) is 6.84. The Morgan fingerprint density at radius 2 is 2.08 bits per heavy atom. The van der Waals surface area contributed by atoms with Crippen molar-refractivity contribution < 1.29 is 4.65 Å². The first-order valence-electron chi connectivity index (χ1n) is 4.60. The second kappa shape index (κ2) is 6.29. The molecular weight excluding hydrogens is 161 g/mol. The van der Waals surface area contributed by atoms with Gasteiger partial charge in [0.2, 0.25) is 0 Å². The average Bonchev–Trinajstić information content (AvgIpc) is 2.19. The minimum atomic E-state index is 0.748. The van der Waals surface area contributed by atoms with Gasteiger partial charge in [0.1, 0.15) is 0 Å². The first kappa shape index (κ1) is 9.84. The van der Waals surface area contributed by atoms with E-state index in [4.69, 9.17) is 10.1 Å². The zero-order valence-corrected chi connectivity index (χ0v) is 7.70. The smallest absolute Gasteiger partial charge is 0.340 e. The molecule has 3 heteroatoms. The van der Waals surface area contributed by atoms with Crippen molar-refractivity contribution in [3.8, 4) is 5.75 Å². The van der Waals surface area contributed by atoms with E-state index in [0.29, 0.717) is 0 Å². The Balaban J connectivity index is 2.10. The summed E-state index contributed by atoms with van der Waals surface area (Å²) >= 11 is 0. The van der Waals surface area contributed by atoms with E-state index in [1.54, 1.807) is 0 Å². The SMILES string of the molecule is N=CCCCBOc1ccccc1. The molecule has 0 fully saturated rings. The van der Waals surface area contributed by atoms with Gasteiger partial charge < -0.3 is 10.1 Å². The van der Waals surface area contributed by atoms with E-state index >= 15 is 0 Å². The van der Waals surface area contributed by atoms with Crippen LogP contribution in [0.15, 0.2) is 30.3 Å². The van der Waals surface area contributed by atoms with Crippen molar-refractivity contribution in [2.75, 3.05) is 0 Å². The number of hydrogen-bond acceptors (Lipinski definition) is 2. The molecule has 0 aromatic heterocycles. The molecule has 0 radical (unpaired) electrons. The second-order valence-corrected chi connectivity index (χ2v) is 2.86. The van der Waals surface area contributed by atoms with Gasteiger partial charge in [0.15, 0.2) is 0 Å². The fraction of sp³-hybridized carbons (Fsp3) is 0.300. The van der Waals surface area contributed by atoms with Crippen molar-refractivity contribution in [3.05, 3.63) is 30.3 Å². The van der Waals surface area contributed by atoms with Gasteiger partial charge in [-0.1, -0.05) is 24.6 Å². The summed E-state index contributed by atoms with van der Waals surface area (Å²) in [6, 6.07) is 9.81. The molecule has 0 bridgehead atoms. The van der Waals surface area contributed by atoms with Crippen LogP contribution in [0.3, 0.4) is 0 Å². The second-order valence-electron chi connectivity index (χ2n) is 2.86. The van der Waals surface area contributed by atoms with Crippen LogP contribution in [0.4, 0.5) is 0 Å². The molecule has 0 spiro atoms. The maximum Gasteiger partial charge on any atom is 0.340 e. The van der Waals surface area contributed by atoms with E-state index in [1.807, 2.05) is 30.3 Å². The molecule has 2 nitrogen and oxygen atoms in total. The Morgan fingerprint density at radius 1 is 1.31 bits per heavy atom. The van der Waals surface area contributed by atoms with E-state index in [-0.39, 0.29) is 0 Å². The van der Waals surface area contributed by atoms with Gasteiger partial charge in [0, 0.05) is 0 Å². The van der Waals surface area contributed by atoms with Crippen LogP contribution in [0.5, 0.6) is 5.75 Å². The molecule has 0 heterocycles. The van der Waals surface area contributed by atoms with Gasteiger partial charge >= 0.3 is 7.48 Å². The summed E-state index contributed by atoms with van der Waals surface area (Å²) in [5.41, 5.74) is 0. The highest BCUT2D eigenvalue weighted by atomic mass is 16.4. The number of para-hydroxylation sites is 1. The number of benzene rings is 1. The molecule has 0 atom stereocenters. The zero-order chi connectivity index (χ0) is 9.36. The normalized spacial score (nSPS) is 9.23. The Labute approximate surface area is 79.7 Å². The summed E-state index contributed by atoms with van der Waals surface area (Å²) < 4.78 is 5.48. The maximum atomic E-state index is 6.84.